The van der Waals surface area contributed by atoms with Gasteiger partial charge in [-0.05, 0) is 68.0 Å². The first-order valence-corrected chi connectivity index (χ1v) is 14.6. The number of amides is 1. The second kappa shape index (κ2) is 12.8. The Balaban J connectivity index is 2.32. The van der Waals surface area contributed by atoms with Crippen LogP contribution in [0.2, 0.25) is 0 Å². The molecule has 2 atom stereocenters. The number of carbonyl (C=O) groups excluding carboxylic acids is 1. The first kappa shape index (κ1) is 30.4. The molecule has 0 saturated heterocycles. The molecule has 2 unspecified atom stereocenters. The summed E-state index contributed by atoms with van der Waals surface area (Å²) in [6.45, 7) is 3.53. The highest BCUT2D eigenvalue weighted by Gasteiger charge is 2.48. The predicted octanol–water partition coefficient (Wildman–Crippen LogP) is 3.97. The van der Waals surface area contributed by atoms with Crippen LogP contribution in [-0.2, 0) is 25.0 Å². The second-order valence-corrected chi connectivity index (χ2v) is 11.4. The number of rotatable bonds is 14. The lowest BCUT2D eigenvalue weighted by molar-refractivity contribution is -0.132. The van der Waals surface area contributed by atoms with Gasteiger partial charge >= 0.3 is 0 Å². The van der Waals surface area contributed by atoms with Crippen molar-refractivity contribution >= 4 is 15.7 Å². The summed E-state index contributed by atoms with van der Waals surface area (Å²) in [7, 11) is 2.35. The Morgan fingerprint density at radius 3 is 2.08 bits per heavy atom. The molecule has 216 valence electrons. The summed E-state index contributed by atoms with van der Waals surface area (Å²) in [5, 5.41) is 0. The number of primary amides is 1. The van der Waals surface area contributed by atoms with Gasteiger partial charge in [-0.1, -0.05) is 6.92 Å². The summed E-state index contributed by atoms with van der Waals surface area (Å²) in [6.07, 6.45) is 2.38. The molecule has 0 aliphatic heterocycles. The fraction of sp³-hybridized carbons (Fsp3) is 0.536. The number of hydrogen-bond donors (Lipinski definition) is 1. The summed E-state index contributed by atoms with van der Waals surface area (Å²) >= 11 is 0. The van der Waals surface area contributed by atoms with Crippen LogP contribution in [0.4, 0.5) is 0 Å². The average molecular weight is 566 g/mol. The zero-order valence-electron chi connectivity index (χ0n) is 23.5. The Hall–Kier alpha value is -3.18. The molecular weight excluding hydrogens is 526 g/mol. The standard InChI is InChI=1S/C28H39NO9S/c1-7-12-39(31,32)24-14-18(13-21(33-3)27(24)37-8-2)20-10-9-11-28(20,38-17-25(29)30)19-15-22(34-4)26(36-6)23(16-19)35-5/h13-16,20H,7-12,17H2,1-6H3,(H2,29,30). The highest BCUT2D eigenvalue weighted by Crippen LogP contribution is 2.56. The molecule has 1 fully saturated rings. The van der Waals surface area contributed by atoms with Crippen LogP contribution in [0.5, 0.6) is 28.7 Å². The van der Waals surface area contributed by atoms with E-state index in [1.54, 1.807) is 31.2 Å². The Morgan fingerprint density at radius 1 is 0.949 bits per heavy atom. The third-order valence-corrected chi connectivity index (χ3v) is 8.91. The first-order valence-electron chi connectivity index (χ1n) is 12.9. The monoisotopic (exact) mass is 565 g/mol. The normalized spacial score (nSPS) is 19.0. The molecule has 0 spiro atoms. The van der Waals surface area contributed by atoms with Gasteiger partial charge in [-0.3, -0.25) is 4.79 Å². The lowest BCUT2D eigenvalue weighted by atomic mass is 9.79. The van der Waals surface area contributed by atoms with Crippen LogP contribution in [0.15, 0.2) is 29.2 Å². The zero-order chi connectivity index (χ0) is 28.8. The minimum Gasteiger partial charge on any atom is -0.493 e. The van der Waals surface area contributed by atoms with Crippen molar-refractivity contribution in [1.82, 2.24) is 0 Å². The molecule has 0 heterocycles. The molecule has 0 aromatic heterocycles. The molecule has 39 heavy (non-hydrogen) atoms. The van der Waals surface area contributed by atoms with E-state index in [4.69, 9.17) is 34.2 Å². The van der Waals surface area contributed by atoms with Crippen LogP contribution < -0.4 is 29.4 Å². The molecule has 0 radical (unpaired) electrons. The number of nitrogens with two attached hydrogens (primary N) is 1. The van der Waals surface area contributed by atoms with Crippen molar-refractivity contribution < 1.29 is 41.6 Å². The fourth-order valence-electron chi connectivity index (χ4n) is 5.39. The van der Waals surface area contributed by atoms with Gasteiger partial charge in [0.2, 0.25) is 11.7 Å². The van der Waals surface area contributed by atoms with Crippen LogP contribution in [0, 0.1) is 0 Å². The number of methoxy groups -OCH3 is 4. The third kappa shape index (κ3) is 6.04. The molecule has 2 aromatic carbocycles. The van der Waals surface area contributed by atoms with Crippen molar-refractivity contribution in [2.45, 2.75) is 55.9 Å². The zero-order valence-corrected chi connectivity index (χ0v) is 24.3. The molecule has 2 N–H and O–H groups in total. The SMILES string of the molecule is CCCS(=O)(=O)c1cc(C2CCCC2(OCC(N)=O)c2cc(OC)c(OC)c(OC)c2)cc(OC)c1OCC. The van der Waals surface area contributed by atoms with Gasteiger partial charge in [-0.2, -0.15) is 0 Å². The van der Waals surface area contributed by atoms with E-state index in [1.807, 2.05) is 6.92 Å². The van der Waals surface area contributed by atoms with Crippen molar-refractivity contribution in [1.29, 1.82) is 0 Å². The van der Waals surface area contributed by atoms with E-state index < -0.39 is 21.3 Å². The van der Waals surface area contributed by atoms with Gasteiger partial charge in [0, 0.05) is 5.92 Å². The van der Waals surface area contributed by atoms with E-state index in [0.717, 1.165) is 6.42 Å². The predicted molar refractivity (Wildman–Crippen MR) is 146 cm³/mol. The molecular formula is C28H39NO9S. The fourth-order valence-corrected chi connectivity index (χ4v) is 6.90. The highest BCUT2D eigenvalue weighted by atomic mass is 32.2. The van der Waals surface area contributed by atoms with Gasteiger partial charge in [0.1, 0.15) is 17.1 Å². The van der Waals surface area contributed by atoms with Crippen LogP contribution in [0.25, 0.3) is 0 Å². The van der Waals surface area contributed by atoms with E-state index in [-0.39, 0.29) is 35.5 Å². The molecule has 0 bridgehead atoms. The summed E-state index contributed by atoms with van der Waals surface area (Å²) in [5.41, 5.74) is 5.83. The van der Waals surface area contributed by atoms with Crippen molar-refractivity contribution in [3.63, 3.8) is 0 Å². The van der Waals surface area contributed by atoms with Crippen LogP contribution in [-0.4, -0.2) is 61.7 Å². The summed E-state index contributed by atoms with van der Waals surface area (Å²) in [6, 6.07) is 7.02. The lowest BCUT2D eigenvalue weighted by Gasteiger charge is -2.37. The second-order valence-electron chi connectivity index (χ2n) is 9.31. The van der Waals surface area contributed by atoms with Crippen LogP contribution >= 0.6 is 0 Å². The number of carbonyl (C=O) groups is 1. The Bertz CT molecular complexity index is 1250. The molecule has 3 rings (SSSR count). The maximum atomic E-state index is 13.4. The smallest absolute Gasteiger partial charge is 0.243 e. The van der Waals surface area contributed by atoms with Crippen molar-refractivity contribution in [3.8, 4) is 28.7 Å². The third-order valence-electron chi connectivity index (χ3n) is 6.99. The maximum Gasteiger partial charge on any atom is 0.243 e. The van der Waals surface area contributed by atoms with Gasteiger partial charge in [-0.25, -0.2) is 8.42 Å². The number of benzene rings is 2. The van der Waals surface area contributed by atoms with Crippen molar-refractivity contribution in [3.05, 3.63) is 35.4 Å². The minimum atomic E-state index is -3.68. The maximum absolute atomic E-state index is 13.4. The molecule has 1 amide bonds. The van der Waals surface area contributed by atoms with Gasteiger partial charge in [-0.15, -0.1) is 0 Å². The topological polar surface area (TPSA) is 133 Å². The molecule has 10 nitrogen and oxygen atoms in total. The summed E-state index contributed by atoms with van der Waals surface area (Å²) < 4.78 is 61.2. The highest BCUT2D eigenvalue weighted by molar-refractivity contribution is 7.91. The number of hydrogen-bond acceptors (Lipinski definition) is 9. The lowest BCUT2D eigenvalue weighted by Crippen LogP contribution is -2.36. The van der Waals surface area contributed by atoms with Crippen molar-refractivity contribution in [2.24, 2.45) is 5.73 Å². The number of ether oxygens (including phenoxy) is 6. The van der Waals surface area contributed by atoms with E-state index >= 15 is 0 Å². The molecule has 1 aliphatic rings. The molecule has 1 saturated carbocycles. The van der Waals surface area contributed by atoms with Crippen molar-refractivity contribution in [2.75, 3.05) is 47.4 Å². The summed E-state index contributed by atoms with van der Waals surface area (Å²) in [5.74, 6) is 0.740. The van der Waals surface area contributed by atoms with Gasteiger partial charge in [0.05, 0.1) is 40.8 Å². The van der Waals surface area contributed by atoms with E-state index in [2.05, 4.69) is 0 Å². The average Bonchev–Trinajstić information content (AvgIpc) is 3.36. The van der Waals surface area contributed by atoms with Crippen LogP contribution in [0.1, 0.15) is 56.6 Å². The quantitative estimate of drug-likeness (QED) is 0.361. The van der Waals surface area contributed by atoms with Gasteiger partial charge in [0.25, 0.3) is 0 Å². The summed E-state index contributed by atoms with van der Waals surface area (Å²) in [4.78, 5) is 12.0. The van der Waals surface area contributed by atoms with E-state index in [9.17, 15) is 13.2 Å². The Kier molecular flexibility index (Phi) is 9.95. The first-order chi connectivity index (χ1) is 18.6. The van der Waals surface area contributed by atoms with Gasteiger partial charge in [0.15, 0.2) is 32.8 Å². The Morgan fingerprint density at radius 2 is 1.56 bits per heavy atom. The number of sulfone groups is 1. The van der Waals surface area contributed by atoms with E-state index in [1.165, 1.54) is 28.4 Å². The molecule has 11 heteroatoms. The Labute approximate surface area is 230 Å². The minimum absolute atomic E-state index is 0.0411. The molecule has 1 aliphatic carbocycles. The molecule has 2 aromatic rings. The van der Waals surface area contributed by atoms with E-state index in [0.29, 0.717) is 53.4 Å². The van der Waals surface area contributed by atoms with Crippen LogP contribution in [0.3, 0.4) is 0 Å². The largest absolute Gasteiger partial charge is 0.493 e. The van der Waals surface area contributed by atoms with Gasteiger partial charge < -0.3 is 34.2 Å².